The summed E-state index contributed by atoms with van der Waals surface area (Å²) < 4.78 is 24.6. The number of amides is 1. The highest BCUT2D eigenvalue weighted by atomic mass is 35.5. The Morgan fingerprint density at radius 3 is 2.55 bits per heavy atom. The van der Waals surface area contributed by atoms with Gasteiger partial charge in [-0.05, 0) is 43.3 Å². The van der Waals surface area contributed by atoms with E-state index in [-0.39, 0.29) is 28.2 Å². The molecule has 1 atom stereocenters. The van der Waals surface area contributed by atoms with Crippen molar-refractivity contribution in [1.82, 2.24) is 9.97 Å². The highest BCUT2D eigenvalue weighted by molar-refractivity contribution is 6.30. The van der Waals surface area contributed by atoms with Crippen LogP contribution in [-0.2, 0) is 4.79 Å². The number of aromatic nitrogens is 2. The third kappa shape index (κ3) is 5.54. The van der Waals surface area contributed by atoms with Crippen LogP contribution in [0.25, 0.3) is 0 Å². The molecule has 1 aromatic carbocycles. The van der Waals surface area contributed by atoms with Crippen molar-refractivity contribution in [2.24, 2.45) is 0 Å². The lowest BCUT2D eigenvalue weighted by Crippen LogP contribution is -2.30. The molecule has 160 valence electrons. The second kappa shape index (κ2) is 9.22. The number of nitro groups is 1. The van der Waals surface area contributed by atoms with Crippen LogP contribution in [0.3, 0.4) is 0 Å². The van der Waals surface area contributed by atoms with E-state index in [1.54, 1.807) is 0 Å². The van der Waals surface area contributed by atoms with Gasteiger partial charge in [0.15, 0.2) is 11.9 Å². The Bertz CT molecular complexity index is 1130. The zero-order valence-corrected chi connectivity index (χ0v) is 16.7. The average molecular weight is 448 g/mol. The molecular formula is C19H15ClFN5O5. The number of hydrogen-bond donors (Lipinski definition) is 2. The van der Waals surface area contributed by atoms with E-state index >= 15 is 0 Å². The van der Waals surface area contributed by atoms with Crippen LogP contribution >= 0.6 is 11.6 Å². The van der Waals surface area contributed by atoms with Crippen molar-refractivity contribution in [3.05, 3.63) is 69.6 Å². The van der Waals surface area contributed by atoms with Gasteiger partial charge in [-0.1, -0.05) is 11.6 Å². The number of nitrogens with one attached hydrogen (secondary N) is 1. The molecule has 2 aromatic heterocycles. The minimum atomic E-state index is -0.930. The molecule has 0 radical (unpaired) electrons. The molecule has 10 nitrogen and oxygen atoms in total. The standard InChI is InChI=1S/C19H15ClFN5O5/c1-10(18(27)25-16-7-6-15(26(28)29)17(22)24-16)30-12-2-4-13(5-3-12)31-19-14(21)8-11(20)9-23-19/h2-10H,1H3,(H3,22,24,25,27). The topological polar surface area (TPSA) is 142 Å². The number of benzene rings is 1. The maximum atomic E-state index is 13.8. The summed E-state index contributed by atoms with van der Waals surface area (Å²) in [5, 5.41) is 13.4. The number of nitrogen functional groups attached to an aromatic ring is 1. The van der Waals surface area contributed by atoms with Crippen LogP contribution in [0.4, 0.5) is 21.7 Å². The molecule has 2 heterocycles. The molecule has 0 saturated heterocycles. The lowest BCUT2D eigenvalue weighted by molar-refractivity contribution is -0.384. The molecule has 3 rings (SSSR count). The number of nitrogens with zero attached hydrogens (tertiary/aromatic N) is 3. The van der Waals surface area contributed by atoms with Crippen molar-refractivity contribution in [2.45, 2.75) is 13.0 Å². The molecule has 0 aliphatic carbocycles. The first-order valence-electron chi connectivity index (χ1n) is 8.70. The molecular weight excluding hydrogens is 433 g/mol. The number of carbonyl (C=O) groups is 1. The van der Waals surface area contributed by atoms with Crippen molar-refractivity contribution in [3.63, 3.8) is 0 Å². The van der Waals surface area contributed by atoms with Crippen molar-refractivity contribution in [1.29, 1.82) is 0 Å². The highest BCUT2D eigenvalue weighted by Gasteiger charge is 2.18. The summed E-state index contributed by atoms with van der Waals surface area (Å²) in [5.41, 5.74) is 5.14. The predicted octanol–water partition coefficient (Wildman–Crippen LogP) is 3.96. The molecule has 0 bridgehead atoms. The van der Waals surface area contributed by atoms with Crippen molar-refractivity contribution in [3.8, 4) is 17.4 Å². The fourth-order valence-electron chi connectivity index (χ4n) is 2.35. The molecule has 12 heteroatoms. The summed E-state index contributed by atoms with van der Waals surface area (Å²) >= 11 is 5.65. The van der Waals surface area contributed by atoms with Crippen LogP contribution in [0.1, 0.15) is 6.92 Å². The number of ether oxygens (including phenoxy) is 2. The summed E-state index contributed by atoms with van der Waals surface area (Å²) in [6.07, 6.45) is 0.325. The predicted molar refractivity (Wildman–Crippen MR) is 110 cm³/mol. The van der Waals surface area contributed by atoms with Gasteiger partial charge >= 0.3 is 5.69 Å². The fourth-order valence-corrected chi connectivity index (χ4v) is 2.50. The van der Waals surface area contributed by atoms with Crippen LogP contribution in [0.5, 0.6) is 17.4 Å². The number of anilines is 2. The molecule has 0 fully saturated rings. The van der Waals surface area contributed by atoms with Crippen LogP contribution in [0.2, 0.25) is 5.02 Å². The summed E-state index contributed by atoms with van der Waals surface area (Å²) in [6, 6.07) is 9.54. The van der Waals surface area contributed by atoms with E-state index in [9.17, 15) is 19.3 Å². The zero-order chi connectivity index (χ0) is 22.5. The first kappa shape index (κ1) is 21.7. The van der Waals surface area contributed by atoms with Gasteiger partial charge in [-0.2, -0.15) is 0 Å². The third-order valence-electron chi connectivity index (χ3n) is 3.84. The maximum Gasteiger partial charge on any atom is 0.311 e. The van der Waals surface area contributed by atoms with E-state index in [0.29, 0.717) is 11.5 Å². The van der Waals surface area contributed by atoms with Crippen LogP contribution in [0.15, 0.2) is 48.7 Å². The molecule has 0 saturated carbocycles. The number of carbonyl (C=O) groups excluding carboxylic acids is 1. The Balaban J connectivity index is 1.59. The quantitative estimate of drug-likeness (QED) is 0.409. The smallest absolute Gasteiger partial charge is 0.311 e. The number of halogens is 2. The average Bonchev–Trinajstić information content (AvgIpc) is 2.71. The van der Waals surface area contributed by atoms with E-state index in [1.165, 1.54) is 43.5 Å². The second-order valence-corrected chi connectivity index (χ2v) is 6.56. The Hall–Kier alpha value is -3.99. The lowest BCUT2D eigenvalue weighted by atomic mass is 10.3. The normalized spacial score (nSPS) is 11.5. The van der Waals surface area contributed by atoms with Crippen LogP contribution in [-0.4, -0.2) is 26.9 Å². The van der Waals surface area contributed by atoms with E-state index in [4.69, 9.17) is 26.8 Å². The molecule has 1 amide bonds. The second-order valence-electron chi connectivity index (χ2n) is 6.12. The molecule has 0 spiro atoms. The molecule has 31 heavy (non-hydrogen) atoms. The first-order chi connectivity index (χ1) is 14.7. The van der Waals surface area contributed by atoms with Gasteiger partial charge in [0.25, 0.3) is 11.8 Å². The Morgan fingerprint density at radius 2 is 1.94 bits per heavy atom. The van der Waals surface area contributed by atoms with Gasteiger partial charge in [0.05, 0.1) is 9.95 Å². The van der Waals surface area contributed by atoms with E-state index < -0.39 is 22.8 Å². The number of rotatable bonds is 7. The minimum Gasteiger partial charge on any atom is -0.481 e. The minimum absolute atomic E-state index is 0.0461. The molecule has 3 N–H and O–H groups in total. The largest absolute Gasteiger partial charge is 0.481 e. The Labute approximate surface area is 179 Å². The lowest BCUT2D eigenvalue weighted by Gasteiger charge is -2.15. The summed E-state index contributed by atoms with van der Waals surface area (Å²) in [5.74, 6) is -1.13. The van der Waals surface area contributed by atoms with Gasteiger partial charge < -0.3 is 20.5 Å². The molecule has 3 aromatic rings. The van der Waals surface area contributed by atoms with Crippen LogP contribution < -0.4 is 20.5 Å². The SMILES string of the molecule is CC(Oc1ccc(Oc2ncc(Cl)cc2F)cc1)C(=O)Nc1ccc([N+](=O)[O-])c(N)n1. The van der Waals surface area contributed by atoms with E-state index in [2.05, 4.69) is 15.3 Å². The summed E-state index contributed by atoms with van der Waals surface area (Å²) in [4.78, 5) is 29.9. The van der Waals surface area contributed by atoms with Gasteiger partial charge in [-0.3, -0.25) is 14.9 Å². The summed E-state index contributed by atoms with van der Waals surface area (Å²) in [7, 11) is 0. The highest BCUT2D eigenvalue weighted by Crippen LogP contribution is 2.26. The Morgan fingerprint density at radius 1 is 1.26 bits per heavy atom. The monoisotopic (exact) mass is 447 g/mol. The van der Waals surface area contributed by atoms with Gasteiger partial charge in [0.2, 0.25) is 5.82 Å². The first-order valence-corrected chi connectivity index (χ1v) is 9.08. The maximum absolute atomic E-state index is 13.8. The van der Waals surface area contributed by atoms with Crippen LogP contribution in [0, 0.1) is 15.9 Å². The molecule has 1 unspecified atom stereocenters. The number of pyridine rings is 2. The van der Waals surface area contributed by atoms with Gasteiger partial charge in [-0.15, -0.1) is 0 Å². The third-order valence-corrected chi connectivity index (χ3v) is 4.05. The number of nitrogens with two attached hydrogens (primary N) is 1. The van der Waals surface area contributed by atoms with E-state index in [0.717, 1.165) is 12.1 Å². The fraction of sp³-hybridized carbons (Fsp3) is 0.105. The summed E-state index contributed by atoms with van der Waals surface area (Å²) in [6.45, 7) is 1.50. The zero-order valence-electron chi connectivity index (χ0n) is 15.9. The van der Waals surface area contributed by atoms with Crippen molar-refractivity contribution in [2.75, 3.05) is 11.1 Å². The van der Waals surface area contributed by atoms with Crippen molar-refractivity contribution >= 4 is 34.8 Å². The van der Waals surface area contributed by atoms with Gasteiger partial charge in [-0.25, -0.2) is 14.4 Å². The van der Waals surface area contributed by atoms with Gasteiger partial charge in [0, 0.05) is 12.3 Å². The molecule has 0 aliphatic heterocycles. The van der Waals surface area contributed by atoms with Crippen molar-refractivity contribution < 1.29 is 23.6 Å². The van der Waals surface area contributed by atoms with Gasteiger partial charge in [0.1, 0.15) is 17.3 Å². The molecule has 0 aliphatic rings. The van der Waals surface area contributed by atoms with E-state index in [1.807, 2.05) is 0 Å². The Kier molecular flexibility index (Phi) is 6.46. The number of hydrogen-bond acceptors (Lipinski definition) is 8.